The average molecular weight is 445 g/mol. The van der Waals surface area contributed by atoms with Crippen molar-refractivity contribution in [1.82, 2.24) is 9.78 Å². The fourth-order valence-corrected chi connectivity index (χ4v) is 3.63. The summed E-state index contributed by atoms with van der Waals surface area (Å²) in [6.45, 7) is 2.17. The maximum atomic E-state index is 13.5. The summed E-state index contributed by atoms with van der Waals surface area (Å²) in [4.78, 5) is 18.1. The molecular weight excluding hydrogens is 421 g/mol. The normalized spacial score (nSPS) is 11.5. The van der Waals surface area contributed by atoms with E-state index in [0.29, 0.717) is 35.0 Å². The number of H-pyrrole nitrogens is 1. The van der Waals surface area contributed by atoms with Gasteiger partial charge in [0.05, 0.1) is 37.7 Å². The third-order valence-electron chi connectivity index (χ3n) is 5.39. The number of hydrogen-bond acceptors (Lipinski definition) is 4. The first-order valence-electron chi connectivity index (χ1n) is 10.4. The quantitative estimate of drug-likeness (QED) is 0.407. The van der Waals surface area contributed by atoms with Gasteiger partial charge in [-0.05, 0) is 61.5 Å². The van der Waals surface area contributed by atoms with Crippen molar-refractivity contribution < 1.29 is 13.9 Å². The summed E-state index contributed by atoms with van der Waals surface area (Å²) in [7, 11) is 3.21. The minimum absolute atomic E-state index is 0.270. The number of benzene rings is 3. The van der Waals surface area contributed by atoms with Gasteiger partial charge in [0, 0.05) is 16.8 Å². The van der Waals surface area contributed by atoms with Gasteiger partial charge in [0.15, 0.2) is 0 Å². The highest BCUT2D eigenvalue weighted by Crippen LogP contribution is 2.25. The van der Waals surface area contributed by atoms with Crippen LogP contribution >= 0.6 is 0 Å². The lowest BCUT2D eigenvalue weighted by molar-refractivity contribution is 0.410. The lowest BCUT2D eigenvalue weighted by Crippen LogP contribution is -2.19. The molecule has 0 spiro atoms. The lowest BCUT2D eigenvalue weighted by atomic mass is 10.0. The van der Waals surface area contributed by atoms with E-state index in [4.69, 9.17) is 14.5 Å². The molecule has 0 aliphatic carbocycles. The highest BCUT2D eigenvalue weighted by Gasteiger charge is 2.19. The third-order valence-corrected chi connectivity index (χ3v) is 5.39. The molecule has 4 rings (SSSR count). The first-order chi connectivity index (χ1) is 16.0. The Balaban J connectivity index is 1.82. The standard InChI is InChI=1S/C26H24FN3O3/c1-17(28-16-19-6-4-5-7-23(19)33-3)24-25(18-8-14-22(32-2)15-9-18)29-30(26(24)31)21-12-10-20(27)11-13-21/h4-15,29H,16H2,1-3H3. The van der Waals surface area contributed by atoms with Gasteiger partial charge in [-0.3, -0.25) is 14.9 Å². The van der Waals surface area contributed by atoms with E-state index in [2.05, 4.69) is 5.10 Å². The van der Waals surface area contributed by atoms with Gasteiger partial charge in [-0.15, -0.1) is 0 Å². The number of para-hydroxylation sites is 1. The van der Waals surface area contributed by atoms with Crippen LogP contribution < -0.4 is 15.0 Å². The molecule has 0 unspecified atom stereocenters. The van der Waals surface area contributed by atoms with E-state index in [1.165, 1.54) is 16.8 Å². The first-order valence-corrected chi connectivity index (χ1v) is 10.4. The molecule has 33 heavy (non-hydrogen) atoms. The number of aliphatic imine (C=N–C) groups is 1. The maximum Gasteiger partial charge on any atom is 0.280 e. The Hall–Kier alpha value is -4.13. The van der Waals surface area contributed by atoms with E-state index in [9.17, 15) is 9.18 Å². The van der Waals surface area contributed by atoms with Crippen LogP contribution in [0.15, 0.2) is 82.6 Å². The van der Waals surface area contributed by atoms with Crippen molar-refractivity contribution in [3.05, 3.63) is 100 Å². The molecule has 0 radical (unpaired) electrons. The monoisotopic (exact) mass is 445 g/mol. The van der Waals surface area contributed by atoms with Crippen molar-refractivity contribution >= 4 is 5.71 Å². The van der Waals surface area contributed by atoms with Gasteiger partial charge in [-0.2, -0.15) is 0 Å². The molecule has 1 heterocycles. The van der Waals surface area contributed by atoms with Crippen molar-refractivity contribution in [2.75, 3.05) is 14.2 Å². The molecular formula is C26H24FN3O3. The Labute approximate surface area is 190 Å². The number of nitrogens with one attached hydrogen (secondary N) is 1. The number of halogens is 1. The summed E-state index contributed by atoms with van der Waals surface area (Å²) in [6.07, 6.45) is 0. The molecule has 0 fully saturated rings. The molecule has 4 aromatic rings. The van der Waals surface area contributed by atoms with Crippen LogP contribution in [0.2, 0.25) is 0 Å². The van der Waals surface area contributed by atoms with Crippen LogP contribution in [0, 0.1) is 5.82 Å². The molecule has 168 valence electrons. The third kappa shape index (κ3) is 4.57. The second-order valence-electron chi connectivity index (χ2n) is 7.42. The molecule has 0 saturated heterocycles. The number of methoxy groups -OCH3 is 2. The van der Waals surface area contributed by atoms with Crippen molar-refractivity contribution in [3.8, 4) is 28.4 Å². The second kappa shape index (κ2) is 9.56. The van der Waals surface area contributed by atoms with Gasteiger partial charge >= 0.3 is 0 Å². The van der Waals surface area contributed by atoms with Gasteiger partial charge in [-0.1, -0.05) is 18.2 Å². The molecule has 1 N–H and O–H groups in total. The lowest BCUT2D eigenvalue weighted by Gasteiger charge is -2.07. The first kappa shape index (κ1) is 22.1. The van der Waals surface area contributed by atoms with Crippen LogP contribution in [-0.2, 0) is 6.54 Å². The molecule has 0 aliphatic rings. The summed E-state index contributed by atoms with van der Waals surface area (Å²) in [6, 6.07) is 20.8. The summed E-state index contributed by atoms with van der Waals surface area (Å²) in [5.74, 6) is 1.08. The highest BCUT2D eigenvalue weighted by molar-refractivity contribution is 6.03. The fraction of sp³-hybridized carbons (Fsp3) is 0.154. The maximum absolute atomic E-state index is 13.5. The Morgan fingerprint density at radius 3 is 2.33 bits per heavy atom. The molecule has 3 aromatic carbocycles. The number of ether oxygens (including phenoxy) is 2. The zero-order valence-electron chi connectivity index (χ0n) is 18.6. The zero-order chi connectivity index (χ0) is 23.4. The highest BCUT2D eigenvalue weighted by atomic mass is 19.1. The van der Waals surface area contributed by atoms with Crippen LogP contribution in [0.4, 0.5) is 4.39 Å². The van der Waals surface area contributed by atoms with E-state index >= 15 is 0 Å². The van der Waals surface area contributed by atoms with Crippen molar-refractivity contribution in [1.29, 1.82) is 0 Å². The molecule has 7 heteroatoms. The van der Waals surface area contributed by atoms with Gasteiger partial charge < -0.3 is 9.47 Å². The number of aromatic nitrogens is 2. The minimum Gasteiger partial charge on any atom is -0.497 e. The van der Waals surface area contributed by atoms with E-state index in [-0.39, 0.29) is 11.4 Å². The van der Waals surface area contributed by atoms with Gasteiger partial charge in [0.2, 0.25) is 0 Å². The van der Waals surface area contributed by atoms with Crippen LogP contribution in [0.25, 0.3) is 16.9 Å². The van der Waals surface area contributed by atoms with E-state index < -0.39 is 0 Å². The van der Waals surface area contributed by atoms with Crippen LogP contribution in [0.3, 0.4) is 0 Å². The van der Waals surface area contributed by atoms with Crippen molar-refractivity contribution in [2.45, 2.75) is 13.5 Å². The summed E-state index contributed by atoms with van der Waals surface area (Å²) in [5, 5.41) is 3.18. The summed E-state index contributed by atoms with van der Waals surface area (Å²) >= 11 is 0. The Bertz CT molecular complexity index is 1340. The fourth-order valence-electron chi connectivity index (χ4n) is 3.63. The van der Waals surface area contributed by atoms with Crippen molar-refractivity contribution in [3.63, 3.8) is 0 Å². The van der Waals surface area contributed by atoms with E-state index in [0.717, 1.165) is 16.9 Å². The minimum atomic E-state index is -0.372. The molecule has 0 aliphatic heterocycles. The van der Waals surface area contributed by atoms with Crippen LogP contribution in [-0.4, -0.2) is 29.7 Å². The number of nitrogens with zero attached hydrogens (tertiary/aromatic N) is 2. The molecule has 0 saturated carbocycles. The summed E-state index contributed by atoms with van der Waals surface area (Å²) in [5.41, 5.74) is 3.62. The summed E-state index contributed by atoms with van der Waals surface area (Å²) < 4.78 is 25.5. The predicted octanol–water partition coefficient (Wildman–Crippen LogP) is 5.00. The Morgan fingerprint density at radius 2 is 1.67 bits per heavy atom. The number of aromatic amines is 1. The molecule has 0 atom stereocenters. The Morgan fingerprint density at radius 1 is 0.970 bits per heavy atom. The topological polar surface area (TPSA) is 68.6 Å². The number of rotatable bonds is 7. The molecule has 1 aromatic heterocycles. The van der Waals surface area contributed by atoms with E-state index in [1.54, 1.807) is 26.4 Å². The van der Waals surface area contributed by atoms with E-state index in [1.807, 2.05) is 55.5 Å². The zero-order valence-corrected chi connectivity index (χ0v) is 18.6. The predicted molar refractivity (Wildman–Crippen MR) is 127 cm³/mol. The SMILES string of the molecule is COc1ccc(-c2[nH]n(-c3ccc(F)cc3)c(=O)c2C(C)=NCc2ccccc2OC)cc1. The average Bonchev–Trinajstić information content (AvgIpc) is 3.20. The molecule has 6 nitrogen and oxygen atoms in total. The van der Waals surface area contributed by atoms with Crippen LogP contribution in [0.5, 0.6) is 11.5 Å². The number of hydrogen-bond donors (Lipinski definition) is 1. The van der Waals surface area contributed by atoms with Gasteiger partial charge in [0.25, 0.3) is 5.56 Å². The van der Waals surface area contributed by atoms with Crippen molar-refractivity contribution in [2.24, 2.45) is 4.99 Å². The van der Waals surface area contributed by atoms with Crippen LogP contribution in [0.1, 0.15) is 18.1 Å². The largest absolute Gasteiger partial charge is 0.497 e. The second-order valence-corrected chi connectivity index (χ2v) is 7.42. The van der Waals surface area contributed by atoms with Gasteiger partial charge in [-0.25, -0.2) is 9.07 Å². The Kier molecular flexibility index (Phi) is 6.40. The molecule has 0 amide bonds. The van der Waals surface area contributed by atoms with Gasteiger partial charge in [0.1, 0.15) is 17.3 Å². The molecule has 0 bridgehead atoms. The smallest absolute Gasteiger partial charge is 0.280 e.